The minimum absolute atomic E-state index is 0.599. The average Bonchev–Trinajstić information content (AvgIpc) is 2.82. The average molecular weight is 288 g/mol. The molecular weight excluding hydrogens is 260 g/mol. The van der Waals surface area contributed by atoms with Gasteiger partial charge in [-0.25, -0.2) is 0 Å². The van der Waals surface area contributed by atoms with Gasteiger partial charge in [0.2, 0.25) is 0 Å². The lowest BCUT2D eigenvalue weighted by atomic mass is 10.1. The fourth-order valence-corrected chi connectivity index (χ4v) is 2.59. The van der Waals surface area contributed by atoms with Crippen LogP contribution in [0.1, 0.15) is 26.3 Å². The molecule has 1 aromatic carbocycles. The maximum absolute atomic E-state index is 5.72. The molecule has 0 unspecified atom stereocenters. The fourth-order valence-electron chi connectivity index (χ4n) is 2.59. The Morgan fingerprint density at radius 2 is 2.05 bits per heavy atom. The number of nitrogens with one attached hydrogen (secondary N) is 1. The molecule has 0 bridgehead atoms. The highest BCUT2D eigenvalue weighted by molar-refractivity contribution is 5.84. The van der Waals surface area contributed by atoms with Gasteiger partial charge in [0.25, 0.3) is 0 Å². The topological polar surface area (TPSA) is 26.2 Å². The number of para-hydroxylation sites is 1. The molecule has 21 heavy (non-hydrogen) atoms. The summed E-state index contributed by atoms with van der Waals surface area (Å²) in [6.07, 6.45) is 3.37. The number of ether oxygens (including phenoxy) is 1. The molecule has 0 atom stereocenters. The zero-order valence-electron chi connectivity index (χ0n) is 13.6. The van der Waals surface area contributed by atoms with E-state index in [-0.39, 0.29) is 0 Å². The summed E-state index contributed by atoms with van der Waals surface area (Å²) < 4.78 is 8.05. The van der Waals surface area contributed by atoms with Crippen LogP contribution in [0.2, 0.25) is 0 Å². The molecule has 0 radical (unpaired) electrons. The summed E-state index contributed by atoms with van der Waals surface area (Å²) in [7, 11) is 0. The molecule has 0 fully saturated rings. The number of aromatic nitrogens is 1. The quantitative estimate of drug-likeness (QED) is 0.715. The van der Waals surface area contributed by atoms with Crippen LogP contribution in [0.4, 0.5) is 0 Å². The Balaban J connectivity index is 2.04. The molecule has 3 nitrogen and oxygen atoms in total. The third-order valence-electron chi connectivity index (χ3n) is 3.62. The summed E-state index contributed by atoms with van der Waals surface area (Å²) in [5.41, 5.74) is 2.74. The Kier molecular flexibility index (Phi) is 6.27. The number of rotatable bonds is 9. The molecule has 0 aliphatic carbocycles. The summed E-state index contributed by atoms with van der Waals surface area (Å²) >= 11 is 0. The van der Waals surface area contributed by atoms with Gasteiger partial charge in [0.05, 0.1) is 6.61 Å². The zero-order valence-corrected chi connectivity index (χ0v) is 13.6. The highest BCUT2D eigenvalue weighted by Gasteiger charge is 2.07. The van der Waals surface area contributed by atoms with Crippen LogP contribution < -0.4 is 5.32 Å². The monoisotopic (exact) mass is 288 g/mol. The Morgan fingerprint density at radius 3 is 2.81 bits per heavy atom. The predicted molar refractivity (Wildman–Crippen MR) is 89.8 cm³/mol. The molecule has 2 aromatic rings. The summed E-state index contributed by atoms with van der Waals surface area (Å²) in [5.74, 6) is 0.599. The summed E-state index contributed by atoms with van der Waals surface area (Å²) in [6.45, 7) is 11.1. The minimum atomic E-state index is 0.599. The van der Waals surface area contributed by atoms with Crippen molar-refractivity contribution >= 4 is 10.9 Å². The van der Waals surface area contributed by atoms with Crippen molar-refractivity contribution in [1.82, 2.24) is 9.88 Å². The van der Waals surface area contributed by atoms with Crippen LogP contribution in [0, 0.1) is 5.92 Å². The Bertz CT molecular complexity index is 545. The lowest BCUT2D eigenvalue weighted by Crippen LogP contribution is -2.15. The molecule has 116 valence electrons. The molecule has 1 heterocycles. The second-order valence-electron chi connectivity index (χ2n) is 5.94. The van der Waals surface area contributed by atoms with Crippen molar-refractivity contribution in [3.8, 4) is 0 Å². The van der Waals surface area contributed by atoms with Gasteiger partial charge < -0.3 is 14.6 Å². The number of hydrogen-bond acceptors (Lipinski definition) is 2. The lowest BCUT2D eigenvalue weighted by Gasteiger charge is -2.08. The van der Waals surface area contributed by atoms with Gasteiger partial charge in [-0.2, -0.15) is 0 Å². The number of likely N-dealkylation sites (N-methyl/N-ethyl adjacent to an activating group) is 1. The third-order valence-corrected chi connectivity index (χ3v) is 3.62. The smallest absolute Gasteiger partial charge is 0.0645 e. The van der Waals surface area contributed by atoms with Gasteiger partial charge in [-0.3, -0.25) is 0 Å². The Labute approximate surface area is 128 Å². The molecule has 0 aliphatic rings. The third kappa shape index (κ3) is 4.58. The predicted octanol–water partition coefficient (Wildman–Crippen LogP) is 3.47. The van der Waals surface area contributed by atoms with E-state index >= 15 is 0 Å². The summed E-state index contributed by atoms with van der Waals surface area (Å²) in [4.78, 5) is 0. The largest absolute Gasteiger partial charge is 0.379 e. The van der Waals surface area contributed by atoms with Crippen molar-refractivity contribution in [3.63, 3.8) is 0 Å². The normalized spacial score (nSPS) is 11.6. The van der Waals surface area contributed by atoms with Crippen LogP contribution in [0.5, 0.6) is 0 Å². The second kappa shape index (κ2) is 8.20. The van der Waals surface area contributed by atoms with E-state index in [0.29, 0.717) is 5.92 Å². The zero-order chi connectivity index (χ0) is 15.1. The van der Waals surface area contributed by atoms with Crippen molar-refractivity contribution in [2.45, 2.75) is 33.7 Å². The number of benzene rings is 1. The molecule has 2 rings (SSSR count). The van der Waals surface area contributed by atoms with Crippen LogP contribution in [-0.2, 0) is 17.7 Å². The van der Waals surface area contributed by atoms with Crippen molar-refractivity contribution < 1.29 is 4.74 Å². The number of hydrogen-bond donors (Lipinski definition) is 1. The van der Waals surface area contributed by atoms with Gasteiger partial charge in [0, 0.05) is 30.3 Å². The van der Waals surface area contributed by atoms with Crippen LogP contribution >= 0.6 is 0 Å². The van der Waals surface area contributed by atoms with Gasteiger partial charge in [-0.15, -0.1) is 0 Å². The SMILES string of the molecule is CCNCCc1cn(CCOCC(C)C)c2ccccc12. The maximum atomic E-state index is 5.72. The minimum Gasteiger partial charge on any atom is -0.379 e. The van der Waals surface area contributed by atoms with E-state index in [1.54, 1.807) is 0 Å². The number of nitrogens with zero attached hydrogens (tertiary/aromatic N) is 1. The van der Waals surface area contributed by atoms with Gasteiger partial charge in [0.15, 0.2) is 0 Å². The molecule has 1 N–H and O–H groups in total. The molecule has 0 amide bonds. The van der Waals surface area contributed by atoms with E-state index in [1.165, 1.54) is 16.5 Å². The molecule has 0 aliphatic heterocycles. The molecule has 1 aromatic heterocycles. The van der Waals surface area contributed by atoms with E-state index in [0.717, 1.165) is 39.3 Å². The molecule has 0 saturated carbocycles. The van der Waals surface area contributed by atoms with Gasteiger partial charge in [-0.1, -0.05) is 39.0 Å². The van der Waals surface area contributed by atoms with E-state index in [1.807, 2.05) is 0 Å². The van der Waals surface area contributed by atoms with Gasteiger partial charge in [0.1, 0.15) is 0 Å². The van der Waals surface area contributed by atoms with E-state index in [2.05, 4.69) is 61.1 Å². The maximum Gasteiger partial charge on any atom is 0.0645 e. The summed E-state index contributed by atoms with van der Waals surface area (Å²) in [6, 6.07) is 8.66. The van der Waals surface area contributed by atoms with E-state index in [9.17, 15) is 0 Å². The molecular formula is C18H28N2O. The Morgan fingerprint density at radius 1 is 1.24 bits per heavy atom. The highest BCUT2D eigenvalue weighted by atomic mass is 16.5. The number of fused-ring (bicyclic) bond motifs is 1. The van der Waals surface area contributed by atoms with Crippen molar-refractivity contribution in [2.75, 3.05) is 26.3 Å². The van der Waals surface area contributed by atoms with Crippen LogP contribution in [-0.4, -0.2) is 30.9 Å². The lowest BCUT2D eigenvalue weighted by molar-refractivity contribution is 0.104. The van der Waals surface area contributed by atoms with E-state index in [4.69, 9.17) is 4.74 Å². The van der Waals surface area contributed by atoms with E-state index < -0.39 is 0 Å². The standard InChI is InChI=1S/C18H28N2O/c1-4-19-10-9-16-13-20(11-12-21-14-15(2)3)18-8-6-5-7-17(16)18/h5-8,13,15,19H,4,9-12,14H2,1-3H3. The fraction of sp³-hybridized carbons (Fsp3) is 0.556. The second-order valence-corrected chi connectivity index (χ2v) is 5.94. The van der Waals surface area contributed by atoms with Crippen molar-refractivity contribution in [3.05, 3.63) is 36.0 Å². The van der Waals surface area contributed by atoms with Crippen LogP contribution in [0.15, 0.2) is 30.5 Å². The first kappa shape index (κ1) is 16.1. The van der Waals surface area contributed by atoms with Gasteiger partial charge in [-0.05, 0) is 37.1 Å². The molecule has 0 spiro atoms. The first-order valence-corrected chi connectivity index (χ1v) is 8.07. The summed E-state index contributed by atoms with van der Waals surface area (Å²) in [5, 5.41) is 4.78. The van der Waals surface area contributed by atoms with Gasteiger partial charge >= 0.3 is 0 Å². The molecule has 3 heteroatoms. The first-order chi connectivity index (χ1) is 10.2. The van der Waals surface area contributed by atoms with Crippen molar-refractivity contribution in [2.24, 2.45) is 5.92 Å². The molecule has 0 saturated heterocycles. The Hall–Kier alpha value is -1.32. The van der Waals surface area contributed by atoms with Crippen LogP contribution in [0.3, 0.4) is 0 Å². The first-order valence-electron chi connectivity index (χ1n) is 8.07. The van der Waals surface area contributed by atoms with Crippen molar-refractivity contribution in [1.29, 1.82) is 0 Å². The van der Waals surface area contributed by atoms with Crippen LogP contribution in [0.25, 0.3) is 10.9 Å². The highest BCUT2D eigenvalue weighted by Crippen LogP contribution is 2.21.